The van der Waals surface area contributed by atoms with E-state index in [9.17, 15) is 9.18 Å². The standard InChI is InChI=1S/C14H12ClFN2O/c1-8-4-2-6-10(15)13(8)18-14(19)9-5-3-7-11(16)12(9)17/h2-7H,17H2,1H3,(H,18,19). The predicted molar refractivity (Wildman–Crippen MR) is 75.0 cm³/mol. The summed E-state index contributed by atoms with van der Waals surface area (Å²) in [5.41, 5.74) is 6.76. The van der Waals surface area contributed by atoms with Crippen LogP contribution in [0.4, 0.5) is 15.8 Å². The van der Waals surface area contributed by atoms with E-state index < -0.39 is 11.7 Å². The number of nitrogens with one attached hydrogen (secondary N) is 1. The number of halogens is 2. The van der Waals surface area contributed by atoms with Crippen LogP contribution in [0.2, 0.25) is 5.02 Å². The number of anilines is 2. The van der Waals surface area contributed by atoms with Gasteiger partial charge in [0.1, 0.15) is 5.82 Å². The van der Waals surface area contributed by atoms with Gasteiger partial charge in [-0.3, -0.25) is 4.79 Å². The summed E-state index contributed by atoms with van der Waals surface area (Å²) < 4.78 is 13.3. The van der Waals surface area contributed by atoms with E-state index in [1.54, 1.807) is 12.1 Å². The minimum absolute atomic E-state index is 0.0827. The largest absolute Gasteiger partial charge is 0.396 e. The molecule has 0 aliphatic rings. The van der Waals surface area contributed by atoms with Crippen LogP contribution >= 0.6 is 11.6 Å². The summed E-state index contributed by atoms with van der Waals surface area (Å²) in [5.74, 6) is -1.11. The molecule has 1 amide bonds. The van der Waals surface area contributed by atoms with Crippen LogP contribution < -0.4 is 11.1 Å². The molecule has 0 bridgehead atoms. The van der Waals surface area contributed by atoms with E-state index in [2.05, 4.69) is 5.32 Å². The number of hydrogen-bond acceptors (Lipinski definition) is 2. The van der Waals surface area contributed by atoms with Gasteiger partial charge in [-0.1, -0.05) is 29.8 Å². The second kappa shape index (κ2) is 5.28. The highest BCUT2D eigenvalue weighted by atomic mass is 35.5. The predicted octanol–water partition coefficient (Wildman–Crippen LogP) is 3.62. The highest BCUT2D eigenvalue weighted by Gasteiger charge is 2.14. The number of nitrogens with two attached hydrogens (primary N) is 1. The van der Waals surface area contributed by atoms with Gasteiger partial charge in [0, 0.05) is 0 Å². The first-order valence-electron chi connectivity index (χ1n) is 5.61. The molecule has 98 valence electrons. The quantitative estimate of drug-likeness (QED) is 0.824. The molecular weight excluding hydrogens is 267 g/mol. The zero-order valence-electron chi connectivity index (χ0n) is 10.2. The van der Waals surface area contributed by atoms with E-state index in [1.807, 2.05) is 13.0 Å². The molecule has 0 saturated carbocycles. The van der Waals surface area contributed by atoms with E-state index in [-0.39, 0.29) is 11.3 Å². The zero-order valence-corrected chi connectivity index (χ0v) is 11.0. The number of hydrogen-bond donors (Lipinski definition) is 2. The summed E-state index contributed by atoms with van der Waals surface area (Å²) in [5, 5.41) is 3.07. The number of rotatable bonds is 2. The van der Waals surface area contributed by atoms with Crippen LogP contribution in [0.1, 0.15) is 15.9 Å². The van der Waals surface area contributed by atoms with Crippen LogP contribution in [0.25, 0.3) is 0 Å². The molecule has 2 aromatic rings. The lowest BCUT2D eigenvalue weighted by Crippen LogP contribution is -2.15. The SMILES string of the molecule is Cc1cccc(Cl)c1NC(=O)c1cccc(F)c1N. The smallest absolute Gasteiger partial charge is 0.257 e. The van der Waals surface area contributed by atoms with Crippen LogP contribution in [0.15, 0.2) is 36.4 Å². The molecule has 0 heterocycles. The first-order valence-corrected chi connectivity index (χ1v) is 5.99. The molecule has 0 fully saturated rings. The third-order valence-corrected chi connectivity index (χ3v) is 3.07. The molecule has 0 spiro atoms. The van der Waals surface area contributed by atoms with Gasteiger partial charge in [-0.25, -0.2) is 4.39 Å². The van der Waals surface area contributed by atoms with Crippen molar-refractivity contribution in [3.8, 4) is 0 Å². The van der Waals surface area contributed by atoms with Crippen molar-refractivity contribution in [3.63, 3.8) is 0 Å². The molecule has 0 aromatic heterocycles. The molecule has 0 aliphatic heterocycles. The number of para-hydroxylation sites is 2. The average Bonchev–Trinajstić information content (AvgIpc) is 2.37. The van der Waals surface area contributed by atoms with Crippen molar-refractivity contribution in [2.75, 3.05) is 11.1 Å². The molecule has 0 aliphatic carbocycles. The highest BCUT2D eigenvalue weighted by Crippen LogP contribution is 2.26. The summed E-state index contributed by atoms with van der Waals surface area (Å²) in [6.45, 7) is 1.82. The Balaban J connectivity index is 2.34. The molecule has 5 heteroatoms. The number of benzene rings is 2. The molecule has 3 nitrogen and oxygen atoms in total. The maximum Gasteiger partial charge on any atom is 0.257 e. The van der Waals surface area contributed by atoms with Crippen molar-refractivity contribution in [3.05, 3.63) is 58.4 Å². The van der Waals surface area contributed by atoms with Crippen molar-refractivity contribution in [2.24, 2.45) is 0 Å². The molecule has 2 aromatic carbocycles. The van der Waals surface area contributed by atoms with E-state index in [1.165, 1.54) is 18.2 Å². The number of carbonyl (C=O) groups excluding carboxylic acids is 1. The van der Waals surface area contributed by atoms with Crippen molar-refractivity contribution in [1.29, 1.82) is 0 Å². The lowest BCUT2D eigenvalue weighted by atomic mass is 10.1. The molecule has 0 unspecified atom stereocenters. The molecule has 0 saturated heterocycles. The fraction of sp³-hybridized carbons (Fsp3) is 0.0714. The van der Waals surface area contributed by atoms with Gasteiger partial charge in [0.25, 0.3) is 5.91 Å². The Labute approximate surface area is 115 Å². The van der Waals surface area contributed by atoms with Gasteiger partial charge in [0.15, 0.2) is 0 Å². The van der Waals surface area contributed by atoms with Crippen molar-refractivity contribution >= 4 is 28.9 Å². The first-order chi connectivity index (χ1) is 9.00. The number of nitrogen functional groups attached to an aromatic ring is 1. The Morgan fingerprint density at radius 2 is 1.95 bits per heavy atom. The Bertz CT molecular complexity index is 623. The van der Waals surface area contributed by atoms with Crippen molar-refractivity contribution in [2.45, 2.75) is 6.92 Å². The third kappa shape index (κ3) is 2.69. The Kier molecular flexibility index (Phi) is 3.71. The maximum absolute atomic E-state index is 13.3. The Morgan fingerprint density at radius 1 is 1.26 bits per heavy atom. The highest BCUT2D eigenvalue weighted by molar-refractivity contribution is 6.34. The minimum atomic E-state index is -0.622. The van der Waals surface area contributed by atoms with Gasteiger partial charge in [-0.15, -0.1) is 0 Å². The molecule has 3 N–H and O–H groups in total. The van der Waals surface area contributed by atoms with Crippen LogP contribution in [0.3, 0.4) is 0 Å². The van der Waals surface area contributed by atoms with Gasteiger partial charge in [0.2, 0.25) is 0 Å². The van der Waals surface area contributed by atoms with E-state index in [0.29, 0.717) is 10.7 Å². The van der Waals surface area contributed by atoms with Crippen LogP contribution in [0.5, 0.6) is 0 Å². The molecule has 0 atom stereocenters. The second-order valence-corrected chi connectivity index (χ2v) is 4.49. The van der Waals surface area contributed by atoms with E-state index >= 15 is 0 Å². The lowest BCUT2D eigenvalue weighted by Gasteiger charge is -2.11. The third-order valence-electron chi connectivity index (χ3n) is 2.76. The minimum Gasteiger partial charge on any atom is -0.396 e. The molecule has 0 radical (unpaired) electrons. The monoisotopic (exact) mass is 278 g/mol. The second-order valence-electron chi connectivity index (χ2n) is 4.09. The number of amides is 1. The van der Waals surface area contributed by atoms with Gasteiger partial charge in [-0.2, -0.15) is 0 Å². The van der Waals surface area contributed by atoms with Gasteiger partial charge < -0.3 is 11.1 Å². The first kappa shape index (κ1) is 13.4. The average molecular weight is 279 g/mol. The topological polar surface area (TPSA) is 55.1 Å². The van der Waals surface area contributed by atoms with Crippen LogP contribution in [-0.2, 0) is 0 Å². The summed E-state index contributed by atoms with van der Waals surface area (Å²) in [6.07, 6.45) is 0. The zero-order chi connectivity index (χ0) is 14.0. The lowest BCUT2D eigenvalue weighted by molar-refractivity contribution is 0.102. The normalized spacial score (nSPS) is 10.3. The van der Waals surface area contributed by atoms with Gasteiger partial charge >= 0.3 is 0 Å². The fourth-order valence-corrected chi connectivity index (χ4v) is 1.98. The Hall–Kier alpha value is -2.07. The fourth-order valence-electron chi connectivity index (χ4n) is 1.71. The van der Waals surface area contributed by atoms with Crippen LogP contribution in [-0.4, -0.2) is 5.91 Å². The van der Waals surface area contributed by atoms with Crippen molar-refractivity contribution < 1.29 is 9.18 Å². The maximum atomic E-state index is 13.3. The molecule has 2 rings (SSSR count). The summed E-state index contributed by atoms with van der Waals surface area (Å²) >= 11 is 6.01. The molecule has 19 heavy (non-hydrogen) atoms. The van der Waals surface area contributed by atoms with Gasteiger partial charge in [0.05, 0.1) is 22.0 Å². The number of aryl methyl sites for hydroxylation is 1. The summed E-state index contributed by atoms with van der Waals surface area (Å²) in [7, 11) is 0. The number of carbonyl (C=O) groups is 1. The van der Waals surface area contributed by atoms with Gasteiger partial charge in [-0.05, 0) is 30.7 Å². The van der Waals surface area contributed by atoms with Crippen molar-refractivity contribution in [1.82, 2.24) is 0 Å². The van der Waals surface area contributed by atoms with Crippen LogP contribution in [0, 0.1) is 12.7 Å². The summed E-state index contributed by atoms with van der Waals surface area (Å²) in [4.78, 5) is 12.1. The van der Waals surface area contributed by atoms with E-state index in [4.69, 9.17) is 17.3 Å². The Morgan fingerprint density at radius 3 is 2.63 bits per heavy atom. The summed E-state index contributed by atoms with van der Waals surface area (Å²) in [6, 6.07) is 9.35. The van der Waals surface area contributed by atoms with E-state index in [0.717, 1.165) is 5.56 Å². The molecular formula is C14H12ClFN2O.